The van der Waals surface area contributed by atoms with Crippen LogP contribution in [0, 0.1) is 5.92 Å². The summed E-state index contributed by atoms with van der Waals surface area (Å²) in [6.07, 6.45) is -8.15. The summed E-state index contributed by atoms with van der Waals surface area (Å²) in [4.78, 5) is 23.1. The van der Waals surface area contributed by atoms with Gasteiger partial charge in [0.15, 0.2) is 17.7 Å². The first kappa shape index (κ1) is 18.1. The largest absolute Gasteiger partial charge is 0.394 e. The summed E-state index contributed by atoms with van der Waals surface area (Å²) in [6, 6.07) is -1.09. The summed E-state index contributed by atoms with van der Waals surface area (Å²) < 4.78 is 0. The van der Waals surface area contributed by atoms with E-state index in [1.165, 1.54) is 0 Å². The van der Waals surface area contributed by atoms with E-state index in [2.05, 4.69) is 0 Å². The van der Waals surface area contributed by atoms with Crippen LogP contribution in [-0.4, -0.2) is 74.2 Å². The lowest BCUT2D eigenvalue weighted by Crippen LogP contribution is -2.52. The molecule has 0 bridgehead atoms. The number of ketones is 2. The van der Waals surface area contributed by atoms with E-state index < -0.39 is 48.6 Å². The van der Waals surface area contributed by atoms with Crippen LogP contribution in [0.1, 0.15) is 13.8 Å². The molecule has 0 aliphatic heterocycles. The number of carbonyl (C=O) groups is 2. The summed E-state index contributed by atoms with van der Waals surface area (Å²) in [7, 11) is 0. The van der Waals surface area contributed by atoms with Crippen molar-refractivity contribution < 1.29 is 35.1 Å². The molecule has 0 rings (SSSR count). The lowest BCUT2D eigenvalue weighted by molar-refractivity contribution is -0.153. The summed E-state index contributed by atoms with van der Waals surface area (Å²) in [5.74, 6) is -2.68. The summed E-state index contributed by atoms with van der Waals surface area (Å²) in [5.41, 5.74) is 5.47. The Kier molecular flexibility index (Phi) is 7.27. The second kappa shape index (κ2) is 7.63. The predicted octanol–water partition coefficient (Wildman–Crippen LogP) is -3.46. The van der Waals surface area contributed by atoms with E-state index in [9.17, 15) is 24.9 Å². The van der Waals surface area contributed by atoms with Crippen molar-refractivity contribution in [3.8, 4) is 0 Å². The zero-order valence-corrected chi connectivity index (χ0v) is 10.8. The number of carbonyl (C=O) groups excluding carboxylic acids is 2. The highest BCUT2D eigenvalue weighted by atomic mass is 16.4. The van der Waals surface area contributed by atoms with Gasteiger partial charge >= 0.3 is 0 Å². The Hall–Kier alpha value is -0.900. The van der Waals surface area contributed by atoms with Gasteiger partial charge in [-0.25, -0.2) is 0 Å². The van der Waals surface area contributed by atoms with E-state index in [0.717, 1.165) is 0 Å². The highest BCUT2D eigenvalue weighted by Gasteiger charge is 2.38. The van der Waals surface area contributed by atoms with Crippen molar-refractivity contribution in [1.29, 1.82) is 0 Å². The minimum Gasteiger partial charge on any atom is -0.394 e. The Morgan fingerprint density at radius 1 is 1.05 bits per heavy atom. The fraction of sp³-hybridized carbons (Fsp3) is 0.818. The monoisotopic (exact) mass is 279 g/mol. The first-order chi connectivity index (χ1) is 8.64. The van der Waals surface area contributed by atoms with Gasteiger partial charge in [0.25, 0.3) is 0 Å². The Balaban J connectivity index is 4.77. The lowest BCUT2D eigenvalue weighted by atomic mass is 9.92. The van der Waals surface area contributed by atoms with Crippen LogP contribution in [-0.2, 0) is 9.59 Å². The van der Waals surface area contributed by atoms with Crippen LogP contribution in [0.15, 0.2) is 0 Å². The highest BCUT2D eigenvalue weighted by Crippen LogP contribution is 2.08. The van der Waals surface area contributed by atoms with Crippen LogP contribution in [0.4, 0.5) is 0 Å². The molecule has 0 aliphatic rings. The molecule has 1 unspecified atom stereocenters. The van der Waals surface area contributed by atoms with Gasteiger partial charge in [0.05, 0.1) is 12.6 Å². The van der Waals surface area contributed by atoms with E-state index in [1.54, 1.807) is 13.8 Å². The fourth-order valence-corrected chi connectivity index (χ4v) is 1.30. The third kappa shape index (κ3) is 4.60. The average Bonchev–Trinajstić information content (AvgIpc) is 2.40. The van der Waals surface area contributed by atoms with Gasteiger partial charge in [-0.15, -0.1) is 0 Å². The van der Waals surface area contributed by atoms with Crippen molar-refractivity contribution >= 4 is 11.6 Å². The maximum Gasteiger partial charge on any atom is 0.200 e. The van der Waals surface area contributed by atoms with Crippen molar-refractivity contribution in [3.63, 3.8) is 0 Å². The molecule has 0 saturated heterocycles. The standard InChI is InChI=1S/C11H21NO7/c1-4(2)6(12)8(16)10(18)11(19)9(17)7(15)5(14)3-13/h4-7,9-10,13-15,17-18H,3,12H2,1-2H3/t5-,6+,7-,9+,10?/m1/s1. The molecule has 0 radical (unpaired) electrons. The van der Waals surface area contributed by atoms with Gasteiger partial charge in [-0.1, -0.05) is 13.8 Å². The van der Waals surface area contributed by atoms with Crippen molar-refractivity contribution in [2.45, 2.75) is 44.3 Å². The van der Waals surface area contributed by atoms with Crippen LogP contribution in [0.2, 0.25) is 0 Å². The molecule has 0 spiro atoms. The number of nitrogens with two attached hydrogens (primary N) is 1. The van der Waals surface area contributed by atoms with Gasteiger partial charge in [-0.2, -0.15) is 0 Å². The van der Waals surface area contributed by atoms with Crippen molar-refractivity contribution in [3.05, 3.63) is 0 Å². The second-order valence-corrected chi connectivity index (χ2v) is 4.66. The number of hydrogen-bond acceptors (Lipinski definition) is 8. The van der Waals surface area contributed by atoms with Crippen LogP contribution in [0.5, 0.6) is 0 Å². The number of aliphatic hydroxyl groups is 5. The van der Waals surface area contributed by atoms with Gasteiger partial charge in [0, 0.05) is 0 Å². The minimum absolute atomic E-state index is 0.319. The van der Waals surface area contributed by atoms with Gasteiger partial charge in [0.2, 0.25) is 0 Å². The van der Waals surface area contributed by atoms with E-state index in [-0.39, 0.29) is 5.92 Å². The van der Waals surface area contributed by atoms with Crippen LogP contribution >= 0.6 is 0 Å². The zero-order valence-electron chi connectivity index (χ0n) is 10.8. The van der Waals surface area contributed by atoms with Crippen LogP contribution < -0.4 is 5.73 Å². The van der Waals surface area contributed by atoms with Gasteiger partial charge < -0.3 is 31.3 Å². The summed E-state index contributed by atoms with van der Waals surface area (Å²) in [6.45, 7) is 2.34. The Bertz CT molecular complexity index is 320. The molecule has 0 aromatic rings. The van der Waals surface area contributed by atoms with Crippen molar-refractivity contribution in [2.24, 2.45) is 11.7 Å². The Morgan fingerprint density at radius 2 is 1.53 bits per heavy atom. The third-order valence-electron chi connectivity index (χ3n) is 2.78. The van der Waals surface area contributed by atoms with Crippen molar-refractivity contribution in [1.82, 2.24) is 0 Å². The molecular weight excluding hydrogens is 258 g/mol. The molecule has 19 heavy (non-hydrogen) atoms. The number of Topliss-reactive ketones (excluding diaryl/α,β-unsaturated/α-hetero) is 2. The number of rotatable bonds is 8. The molecule has 0 aliphatic carbocycles. The Labute approximate surface area is 110 Å². The molecule has 8 heteroatoms. The molecule has 7 N–H and O–H groups in total. The molecule has 0 aromatic heterocycles. The van der Waals surface area contributed by atoms with Crippen LogP contribution in [0.25, 0.3) is 0 Å². The molecule has 8 nitrogen and oxygen atoms in total. The predicted molar refractivity (Wildman–Crippen MR) is 63.9 cm³/mol. The molecule has 5 atom stereocenters. The van der Waals surface area contributed by atoms with Crippen LogP contribution in [0.3, 0.4) is 0 Å². The first-order valence-corrected chi connectivity index (χ1v) is 5.81. The van der Waals surface area contributed by atoms with Gasteiger partial charge in [0.1, 0.15) is 18.3 Å². The Morgan fingerprint density at radius 3 is 1.89 bits per heavy atom. The smallest absolute Gasteiger partial charge is 0.200 e. The normalized spacial score (nSPS) is 19.6. The second-order valence-electron chi connectivity index (χ2n) is 4.66. The molecule has 0 saturated carbocycles. The topological polar surface area (TPSA) is 161 Å². The number of hydrogen-bond donors (Lipinski definition) is 6. The van der Waals surface area contributed by atoms with Gasteiger partial charge in [-0.3, -0.25) is 9.59 Å². The molecule has 0 heterocycles. The lowest BCUT2D eigenvalue weighted by Gasteiger charge is -2.23. The maximum absolute atomic E-state index is 11.6. The average molecular weight is 279 g/mol. The molecule has 0 aromatic carbocycles. The summed E-state index contributed by atoms with van der Waals surface area (Å²) >= 11 is 0. The fourth-order valence-electron chi connectivity index (χ4n) is 1.30. The molecular formula is C11H21NO7. The first-order valence-electron chi connectivity index (χ1n) is 5.81. The zero-order chi connectivity index (χ0) is 15.3. The SMILES string of the molecule is CC(C)[C@H](N)C(=O)C(O)C(=O)[C@@H](O)[C@H](O)[C@H](O)CO. The van der Waals surface area contributed by atoms with Crippen molar-refractivity contribution in [2.75, 3.05) is 6.61 Å². The maximum atomic E-state index is 11.6. The number of aliphatic hydroxyl groups excluding tert-OH is 5. The molecule has 0 amide bonds. The van der Waals surface area contributed by atoms with E-state index in [1.807, 2.05) is 0 Å². The van der Waals surface area contributed by atoms with Gasteiger partial charge in [-0.05, 0) is 5.92 Å². The van der Waals surface area contributed by atoms with E-state index in [0.29, 0.717) is 0 Å². The van der Waals surface area contributed by atoms with E-state index >= 15 is 0 Å². The third-order valence-corrected chi connectivity index (χ3v) is 2.78. The quantitative estimate of drug-likeness (QED) is 0.250. The molecule has 0 fully saturated rings. The van der Waals surface area contributed by atoms with E-state index in [4.69, 9.17) is 15.9 Å². The molecule has 112 valence electrons. The highest BCUT2D eigenvalue weighted by molar-refractivity contribution is 6.09. The minimum atomic E-state index is -2.19. The summed E-state index contributed by atoms with van der Waals surface area (Å²) in [5, 5.41) is 45.8.